The summed E-state index contributed by atoms with van der Waals surface area (Å²) in [6, 6.07) is 0. The van der Waals surface area contributed by atoms with Gasteiger partial charge in [0.2, 0.25) is 0 Å². The van der Waals surface area contributed by atoms with Crippen molar-refractivity contribution in [2.24, 2.45) is 5.92 Å². The van der Waals surface area contributed by atoms with E-state index in [4.69, 9.17) is 0 Å². The Balaban J connectivity index is 1.83. The maximum atomic E-state index is 9.54. The van der Waals surface area contributed by atoms with E-state index in [9.17, 15) is 5.11 Å². The van der Waals surface area contributed by atoms with Crippen LogP contribution in [0, 0.1) is 5.92 Å². The van der Waals surface area contributed by atoms with E-state index in [2.05, 4.69) is 13.8 Å². The van der Waals surface area contributed by atoms with Crippen LogP contribution in [-0.2, 0) is 0 Å². The molecule has 0 unspecified atom stereocenters. The summed E-state index contributed by atoms with van der Waals surface area (Å²) < 4.78 is 0. The van der Waals surface area contributed by atoms with Gasteiger partial charge in [-0.15, -0.1) is 0 Å². The van der Waals surface area contributed by atoms with Gasteiger partial charge in [0.05, 0.1) is 5.60 Å². The molecule has 0 radical (unpaired) electrons. The monoisotopic (exact) mass is 170 g/mol. The van der Waals surface area contributed by atoms with Crippen molar-refractivity contribution in [2.45, 2.75) is 64.4 Å². The minimum atomic E-state index is -0.210. The average Bonchev–Trinajstić information content (AvgIpc) is 2.67. The molecule has 0 heterocycles. The highest BCUT2D eigenvalue weighted by Crippen LogP contribution is 2.39. The Labute approximate surface area is 76.2 Å². The van der Waals surface area contributed by atoms with Crippen molar-refractivity contribution in [2.75, 3.05) is 0 Å². The van der Waals surface area contributed by atoms with E-state index in [1.165, 1.54) is 25.7 Å². The van der Waals surface area contributed by atoms with Crippen molar-refractivity contribution in [3.8, 4) is 0 Å². The molecule has 1 fully saturated rings. The first-order chi connectivity index (χ1) is 5.62. The second-order valence-electron chi connectivity index (χ2n) is 4.72. The summed E-state index contributed by atoms with van der Waals surface area (Å²) in [7, 11) is 0. The van der Waals surface area contributed by atoms with E-state index in [0.717, 1.165) is 25.2 Å². The van der Waals surface area contributed by atoms with E-state index in [1.54, 1.807) is 0 Å². The number of hydrogen-bond donors (Lipinski definition) is 1. The van der Waals surface area contributed by atoms with Crippen LogP contribution in [0.2, 0.25) is 0 Å². The van der Waals surface area contributed by atoms with Gasteiger partial charge in [0, 0.05) is 0 Å². The molecular weight excluding hydrogens is 148 g/mol. The Morgan fingerprint density at radius 3 is 2.33 bits per heavy atom. The second-order valence-corrected chi connectivity index (χ2v) is 4.72. The van der Waals surface area contributed by atoms with E-state index in [1.807, 2.05) is 0 Å². The van der Waals surface area contributed by atoms with Crippen LogP contribution in [0.4, 0.5) is 0 Å². The summed E-state index contributed by atoms with van der Waals surface area (Å²) in [6.45, 7) is 4.54. The number of aliphatic hydroxyl groups is 1. The van der Waals surface area contributed by atoms with Gasteiger partial charge in [-0.3, -0.25) is 0 Å². The van der Waals surface area contributed by atoms with Gasteiger partial charge < -0.3 is 5.11 Å². The predicted octanol–water partition coefficient (Wildman–Crippen LogP) is 3.12. The highest BCUT2D eigenvalue weighted by molar-refractivity contribution is 4.92. The van der Waals surface area contributed by atoms with Crippen molar-refractivity contribution in [1.29, 1.82) is 0 Å². The zero-order chi connectivity index (χ0) is 9.03. The fourth-order valence-corrected chi connectivity index (χ4v) is 1.58. The lowest BCUT2D eigenvalue weighted by Crippen LogP contribution is -2.05. The molecule has 0 bridgehead atoms. The molecule has 1 nitrogen and oxygen atoms in total. The van der Waals surface area contributed by atoms with E-state index in [-0.39, 0.29) is 5.60 Å². The fraction of sp³-hybridized carbons (Fsp3) is 1.00. The molecule has 12 heavy (non-hydrogen) atoms. The van der Waals surface area contributed by atoms with E-state index < -0.39 is 0 Å². The molecule has 0 spiro atoms. The summed E-state index contributed by atoms with van der Waals surface area (Å²) in [5, 5.41) is 9.54. The Kier molecular flexibility index (Phi) is 3.57. The quantitative estimate of drug-likeness (QED) is 0.607. The number of hydrogen-bond acceptors (Lipinski definition) is 1. The Morgan fingerprint density at radius 2 is 1.83 bits per heavy atom. The van der Waals surface area contributed by atoms with Crippen molar-refractivity contribution in [3.05, 3.63) is 0 Å². The lowest BCUT2D eigenvalue weighted by atomic mass is 10.0. The fourth-order valence-electron chi connectivity index (χ4n) is 1.58. The van der Waals surface area contributed by atoms with Crippen LogP contribution >= 0.6 is 0 Å². The Bertz CT molecular complexity index is 125. The van der Waals surface area contributed by atoms with Crippen LogP contribution in [-0.4, -0.2) is 10.7 Å². The largest absolute Gasteiger partial charge is 0.390 e. The normalized spacial score (nSPS) is 20.0. The van der Waals surface area contributed by atoms with Gasteiger partial charge >= 0.3 is 0 Å². The number of unbranched alkanes of at least 4 members (excludes halogenated alkanes) is 2. The minimum Gasteiger partial charge on any atom is -0.390 e. The van der Waals surface area contributed by atoms with Gasteiger partial charge in [-0.05, 0) is 25.2 Å². The lowest BCUT2D eigenvalue weighted by Gasteiger charge is -2.07. The molecule has 1 N–H and O–H groups in total. The van der Waals surface area contributed by atoms with Gasteiger partial charge in [-0.1, -0.05) is 39.5 Å². The molecule has 0 aliphatic heterocycles. The first kappa shape index (κ1) is 10.0. The SMILES string of the molecule is CC(C)CCCCCC1(O)CC1. The molecule has 72 valence electrons. The van der Waals surface area contributed by atoms with Crippen LogP contribution in [0.1, 0.15) is 58.8 Å². The minimum absolute atomic E-state index is 0.210. The number of rotatable bonds is 6. The smallest absolute Gasteiger partial charge is 0.0650 e. The Morgan fingerprint density at radius 1 is 1.17 bits per heavy atom. The molecule has 0 aromatic heterocycles. The molecular formula is C11H22O. The van der Waals surface area contributed by atoms with Gasteiger partial charge in [0.15, 0.2) is 0 Å². The van der Waals surface area contributed by atoms with Crippen LogP contribution in [0.3, 0.4) is 0 Å². The van der Waals surface area contributed by atoms with Crippen LogP contribution in [0.25, 0.3) is 0 Å². The average molecular weight is 170 g/mol. The molecule has 1 saturated carbocycles. The third kappa shape index (κ3) is 4.10. The van der Waals surface area contributed by atoms with E-state index >= 15 is 0 Å². The molecule has 0 aromatic carbocycles. The van der Waals surface area contributed by atoms with Gasteiger partial charge in [-0.25, -0.2) is 0 Å². The molecule has 0 atom stereocenters. The summed E-state index contributed by atoms with van der Waals surface area (Å²) in [4.78, 5) is 0. The molecule has 0 amide bonds. The highest BCUT2D eigenvalue weighted by atomic mass is 16.3. The van der Waals surface area contributed by atoms with Crippen molar-refractivity contribution >= 4 is 0 Å². The van der Waals surface area contributed by atoms with Crippen LogP contribution in [0.15, 0.2) is 0 Å². The summed E-state index contributed by atoms with van der Waals surface area (Å²) >= 11 is 0. The van der Waals surface area contributed by atoms with Gasteiger partial charge in [-0.2, -0.15) is 0 Å². The third-order valence-electron chi connectivity index (χ3n) is 2.75. The summed E-state index contributed by atoms with van der Waals surface area (Å²) in [5.74, 6) is 0.842. The van der Waals surface area contributed by atoms with Crippen molar-refractivity contribution in [3.63, 3.8) is 0 Å². The van der Waals surface area contributed by atoms with Crippen LogP contribution < -0.4 is 0 Å². The first-order valence-corrected chi connectivity index (χ1v) is 5.35. The molecule has 1 heteroatoms. The molecule has 0 aromatic rings. The zero-order valence-electron chi connectivity index (χ0n) is 8.47. The Hall–Kier alpha value is -0.0400. The molecule has 1 aliphatic rings. The zero-order valence-corrected chi connectivity index (χ0v) is 8.47. The summed E-state index contributed by atoms with van der Waals surface area (Å²) in [5.41, 5.74) is -0.210. The lowest BCUT2D eigenvalue weighted by molar-refractivity contribution is 0.136. The van der Waals surface area contributed by atoms with Crippen molar-refractivity contribution < 1.29 is 5.11 Å². The predicted molar refractivity (Wildman–Crippen MR) is 52.1 cm³/mol. The standard InChI is InChI=1S/C11H22O/c1-10(2)6-4-3-5-7-11(12)8-9-11/h10,12H,3-9H2,1-2H3. The van der Waals surface area contributed by atoms with E-state index in [0.29, 0.717) is 0 Å². The molecule has 0 saturated heterocycles. The van der Waals surface area contributed by atoms with Gasteiger partial charge in [0.1, 0.15) is 0 Å². The molecule has 1 rings (SSSR count). The summed E-state index contributed by atoms with van der Waals surface area (Å²) in [6.07, 6.45) is 8.37. The van der Waals surface area contributed by atoms with Crippen molar-refractivity contribution in [1.82, 2.24) is 0 Å². The third-order valence-corrected chi connectivity index (χ3v) is 2.75. The van der Waals surface area contributed by atoms with Gasteiger partial charge in [0.25, 0.3) is 0 Å². The molecule has 1 aliphatic carbocycles. The highest BCUT2D eigenvalue weighted by Gasteiger charge is 2.38. The topological polar surface area (TPSA) is 20.2 Å². The first-order valence-electron chi connectivity index (χ1n) is 5.35. The maximum Gasteiger partial charge on any atom is 0.0650 e. The maximum absolute atomic E-state index is 9.54. The second kappa shape index (κ2) is 4.27. The van der Waals surface area contributed by atoms with Crippen LogP contribution in [0.5, 0.6) is 0 Å².